The molecule has 33 heavy (non-hydrogen) atoms. The average molecular weight is 466 g/mol. The predicted octanol–water partition coefficient (Wildman–Crippen LogP) is 3.36. The van der Waals surface area contributed by atoms with E-state index in [0.29, 0.717) is 0 Å². The second-order valence-corrected chi connectivity index (χ2v) is 7.64. The standard InChI is InChI=1S/C22H14N2O8S/c1-2-31-22(28)20-23-11(10-33-20)9-32-21(27)15-8-7-14-16(17(15)24(29)30)19(26)13-6-4-3-5-12(13)18(14)25/h3-8,10H,2,9H2,1H3. The Balaban J connectivity index is 1.65. The van der Waals surface area contributed by atoms with Crippen molar-refractivity contribution in [2.24, 2.45) is 0 Å². The van der Waals surface area contributed by atoms with Gasteiger partial charge in [0.15, 0.2) is 5.78 Å². The van der Waals surface area contributed by atoms with E-state index in [1.54, 1.807) is 13.0 Å². The van der Waals surface area contributed by atoms with Gasteiger partial charge in [0.2, 0.25) is 10.8 Å². The number of nitrogens with zero attached hydrogens (tertiary/aromatic N) is 2. The van der Waals surface area contributed by atoms with Gasteiger partial charge in [-0.05, 0) is 19.1 Å². The molecule has 1 aliphatic carbocycles. The van der Waals surface area contributed by atoms with Gasteiger partial charge >= 0.3 is 11.9 Å². The number of rotatable bonds is 6. The van der Waals surface area contributed by atoms with E-state index in [9.17, 15) is 29.3 Å². The molecule has 11 heteroatoms. The number of ketones is 2. The van der Waals surface area contributed by atoms with Crippen LogP contribution in [0.2, 0.25) is 0 Å². The number of thiazole rings is 1. The number of hydrogen-bond acceptors (Lipinski definition) is 10. The van der Waals surface area contributed by atoms with Crippen molar-refractivity contribution in [2.45, 2.75) is 13.5 Å². The fourth-order valence-corrected chi connectivity index (χ4v) is 4.09. The lowest BCUT2D eigenvalue weighted by molar-refractivity contribution is -0.385. The maximum Gasteiger partial charge on any atom is 0.367 e. The van der Waals surface area contributed by atoms with Gasteiger partial charge < -0.3 is 9.47 Å². The molecule has 0 saturated heterocycles. The van der Waals surface area contributed by atoms with Crippen molar-refractivity contribution in [1.82, 2.24) is 4.98 Å². The van der Waals surface area contributed by atoms with Crippen LogP contribution in [0, 0.1) is 10.1 Å². The molecule has 0 spiro atoms. The summed E-state index contributed by atoms with van der Waals surface area (Å²) in [5.41, 5.74) is -1.46. The minimum absolute atomic E-state index is 0.0255. The van der Waals surface area contributed by atoms with E-state index in [4.69, 9.17) is 9.47 Å². The highest BCUT2D eigenvalue weighted by Crippen LogP contribution is 2.35. The molecule has 0 bridgehead atoms. The van der Waals surface area contributed by atoms with E-state index in [1.165, 1.54) is 29.6 Å². The van der Waals surface area contributed by atoms with Crippen LogP contribution in [-0.4, -0.2) is 40.0 Å². The lowest BCUT2D eigenvalue weighted by atomic mass is 9.82. The van der Waals surface area contributed by atoms with Crippen molar-refractivity contribution in [3.63, 3.8) is 0 Å². The highest BCUT2D eigenvalue weighted by Gasteiger charge is 2.39. The number of aromatic nitrogens is 1. The smallest absolute Gasteiger partial charge is 0.367 e. The van der Waals surface area contributed by atoms with Crippen molar-refractivity contribution in [3.05, 3.63) is 90.4 Å². The molecule has 1 aromatic heterocycles. The van der Waals surface area contributed by atoms with Gasteiger partial charge in [0.1, 0.15) is 17.7 Å². The zero-order valence-electron chi connectivity index (χ0n) is 17.0. The molecule has 166 valence electrons. The average Bonchev–Trinajstić information content (AvgIpc) is 3.29. The number of nitro benzene ring substituents is 1. The van der Waals surface area contributed by atoms with Crippen LogP contribution in [0.5, 0.6) is 0 Å². The second-order valence-electron chi connectivity index (χ2n) is 6.79. The molecule has 1 heterocycles. The van der Waals surface area contributed by atoms with Gasteiger partial charge in [-0.3, -0.25) is 19.7 Å². The Hall–Kier alpha value is -4.25. The molecule has 0 unspecified atom stereocenters. The normalized spacial score (nSPS) is 12.0. The highest BCUT2D eigenvalue weighted by atomic mass is 32.1. The van der Waals surface area contributed by atoms with Gasteiger partial charge in [-0.2, -0.15) is 0 Å². The van der Waals surface area contributed by atoms with Crippen molar-refractivity contribution < 1.29 is 33.6 Å². The van der Waals surface area contributed by atoms with Crippen LogP contribution >= 0.6 is 11.3 Å². The van der Waals surface area contributed by atoms with Crippen molar-refractivity contribution in [2.75, 3.05) is 6.61 Å². The second kappa shape index (κ2) is 8.71. The lowest BCUT2D eigenvalue weighted by Gasteiger charge is -2.18. The number of nitro groups is 1. The minimum Gasteiger partial charge on any atom is -0.461 e. The molecule has 2 aromatic carbocycles. The van der Waals surface area contributed by atoms with Crippen LogP contribution in [-0.2, 0) is 16.1 Å². The Morgan fingerprint density at radius 1 is 1.00 bits per heavy atom. The molecular weight excluding hydrogens is 452 g/mol. The van der Waals surface area contributed by atoms with Crippen LogP contribution < -0.4 is 0 Å². The van der Waals surface area contributed by atoms with E-state index >= 15 is 0 Å². The molecule has 0 N–H and O–H groups in total. The Kier molecular flexibility index (Phi) is 5.80. The lowest BCUT2D eigenvalue weighted by Crippen LogP contribution is -2.23. The summed E-state index contributed by atoms with van der Waals surface area (Å²) in [5.74, 6) is -2.96. The third-order valence-corrected chi connectivity index (χ3v) is 5.69. The Bertz CT molecular complexity index is 1340. The Morgan fingerprint density at radius 2 is 1.70 bits per heavy atom. The molecule has 10 nitrogen and oxygen atoms in total. The fraction of sp³-hybridized carbons (Fsp3) is 0.136. The minimum atomic E-state index is -1.07. The molecule has 1 aliphatic rings. The quantitative estimate of drug-likeness (QED) is 0.237. The molecule has 0 aliphatic heterocycles. The van der Waals surface area contributed by atoms with Crippen LogP contribution in [0.25, 0.3) is 0 Å². The Labute approximate surface area is 189 Å². The molecule has 0 fully saturated rings. The van der Waals surface area contributed by atoms with Crippen LogP contribution in [0.1, 0.15) is 64.6 Å². The summed E-state index contributed by atoms with van der Waals surface area (Å²) in [7, 11) is 0. The van der Waals surface area contributed by atoms with Crippen LogP contribution in [0.15, 0.2) is 41.8 Å². The molecular formula is C22H14N2O8S. The molecule has 0 atom stereocenters. The summed E-state index contributed by atoms with van der Waals surface area (Å²) in [5, 5.41) is 13.4. The zero-order valence-corrected chi connectivity index (χ0v) is 17.8. The van der Waals surface area contributed by atoms with Crippen molar-refractivity contribution >= 4 is 40.5 Å². The summed E-state index contributed by atoms with van der Waals surface area (Å²) in [6.45, 7) is 1.46. The summed E-state index contributed by atoms with van der Waals surface area (Å²) in [4.78, 5) is 65.1. The number of fused-ring (bicyclic) bond motifs is 2. The molecule has 0 amide bonds. The van der Waals surface area contributed by atoms with Gasteiger partial charge in [-0.1, -0.05) is 24.3 Å². The Morgan fingerprint density at radius 3 is 2.36 bits per heavy atom. The third-order valence-electron chi connectivity index (χ3n) is 4.82. The van der Waals surface area contributed by atoms with Crippen LogP contribution in [0.3, 0.4) is 0 Å². The van der Waals surface area contributed by atoms with E-state index in [-0.39, 0.29) is 40.6 Å². The van der Waals surface area contributed by atoms with E-state index < -0.39 is 45.2 Å². The number of carbonyl (C=O) groups is 4. The zero-order chi connectivity index (χ0) is 23.7. The van der Waals surface area contributed by atoms with Crippen molar-refractivity contribution in [1.29, 1.82) is 0 Å². The number of benzene rings is 2. The summed E-state index contributed by atoms with van der Waals surface area (Å²) in [6, 6.07) is 8.28. The number of hydrogen-bond donors (Lipinski definition) is 0. The van der Waals surface area contributed by atoms with Gasteiger partial charge in [-0.15, -0.1) is 11.3 Å². The topological polar surface area (TPSA) is 143 Å². The van der Waals surface area contributed by atoms with Gasteiger partial charge in [0, 0.05) is 22.1 Å². The number of esters is 2. The predicted molar refractivity (Wildman–Crippen MR) is 114 cm³/mol. The van der Waals surface area contributed by atoms with E-state index in [1.807, 2.05) is 0 Å². The first kappa shape index (κ1) is 22.0. The maximum absolute atomic E-state index is 13.0. The summed E-state index contributed by atoms with van der Waals surface area (Å²) >= 11 is 0.998. The molecule has 4 rings (SSSR count). The molecule has 0 radical (unpaired) electrons. The summed E-state index contributed by atoms with van der Waals surface area (Å²) < 4.78 is 9.97. The van der Waals surface area contributed by atoms with Gasteiger partial charge in [0.05, 0.1) is 17.2 Å². The molecule has 3 aromatic rings. The highest BCUT2D eigenvalue weighted by molar-refractivity contribution is 7.11. The number of carbonyl (C=O) groups excluding carboxylic acids is 4. The van der Waals surface area contributed by atoms with E-state index in [0.717, 1.165) is 17.4 Å². The van der Waals surface area contributed by atoms with E-state index in [2.05, 4.69) is 4.98 Å². The fourth-order valence-electron chi connectivity index (χ4n) is 3.40. The summed E-state index contributed by atoms with van der Waals surface area (Å²) in [6.07, 6.45) is 0. The van der Waals surface area contributed by atoms with Crippen molar-refractivity contribution in [3.8, 4) is 0 Å². The SMILES string of the molecule is CCOC(=O)c1nc(COC(=O)c2ccc3c(c2[N+](=O)[O-])C(=O)c2ccccc2C3=O)cs1. The van der Waals surface area contributed by atoms with Gasteiger partial charge in [0.25, 0.3) is 5.69 Å². The third kappa shape index (κ3) is 3.89. The molecule has 0 saturated carbocycles. The maximum atomic E-state index is 13.0. The largest absolute Gasteiger partial charge is 0.461 e. The first-order valence-electron chi connectivity index (χ1n) is 9.62. The first-order valence-corrected chi connectivity index (χ1v) is 10.5. The monoisotopic (exact) mass is 466 g/mol. The first-order chi connectivity index (χ1) is 15.8. The number of ether oxygens (including phenoxy) is 2. The van der Waals surface area contributed by atoms with Crippen LogP contribution in [0.4, 0.5) is 5.69 Å². The van der Waals surface area contributed by atoms with Gasteiger partial charge in [-0.25, -0.2) is 14.6 Å².